The maximum atomic E-state index is 12.9. The lowest BCUT2D eigenvalue weighted by molar-refractivity contribution is -0.898. The third-order valence-electron chi connectivity index (χ3n) is 4.59. The molecule has 1 aliphatic rings. The van der Waals surface area contributed by atoms with Crippen LogP contribution in [0.2, 0.25) is 0 Å². The van der Waals surface area contributed by atoms with Gasteiger partial charge in [0.2, 0.25) is 5.91 Å². The van der Waals surface area contributed by atoms with E-state index in [1.807, 2.05) is 23.1 Å². The third-order valence-corrected chi connectivity index (χ3v) is 4.59. The molecule has 1 fully saturated rings. The average Bonchev–Trinajstić information content (AvgIpc) is 2.69. The van der Waals surface area contributed by atoms with Crippen LogP contribution >= 0.6 is 0 Å². The van der Waals surface area contributed by atoms with E-state index in [9.17, 15) is 9.18 Å². The summed E-state index contributed by atoms with van der Waals surface area (Å²) in [6.07, 6.45) is 7.67. The van der Waals surface area contributed by atoms with Crippen molar-refractivity contribution in [3.8, 4) is 0 Å². The van der Waals surface area contributed by atoms with Crippen LogP contribution in [-0.2, 0) is 4.79 Å². The van der Waals surface area contributed by atoms with Gasteiger partial charge in [0.1, 0.15) is 5.82 Å². The summed E-state index contributed by atoms with van der Waals surface area (Å²) in [6, 6.07) is 16.4. The number of hydrogen-bond donors (Lipinski definition) is 1. The van der Waals surface area contributed by atoms with Crippen LogP contribution in [-0.4, -0.2) is 43.5 Å². The Labute approximate surface area is 154 Å². The van der Waals surface area contributed by atoms with Gasteiger partial charge in [0.05, 0.1) is 32.7 Å². The van der Waals surface area contributed by atoms with E-state index in [-0.39, 0.29) is 11.7 Å². The van der Waals surface area contributed by atoms with E-state index in [1.54, 1.807) is 24.3 Å². The van der Waals surface area contributed by atoms with Crippen molar-refractivity contribution in [1.29, 1.82) is 0 Å². The Kier molecular flexibility index (Phi) is 6.34. The summed E-state index contributed by atoms with van der Waals surface area (Å²) in [7, 11) is 0. The van der Waals surface area contributed by atoms with Gasteiger partial charge in [-0.2, -0.15) is 0 Å². The smallest absolute Gasteiger partial charge is 0.246 e. The minimum Gasteiger partial charge on any atom is -0.329 e. The second-order valence-electron chi connectivity index (χ2n) is 6.48. The zero-order chi connectivity index (χ0) is 18.2. The van der Waals surface area contributed by atoms with E-state index in [4.69, 9.17) is 0 Å². The van der Waals surface area contributed by atoms with Crippen molar-refractivity contribution in [2.24, 2.45) is 0 Å². The molecular formula is C22H24FN2O+. The largest absolute Gasteiger partial charge is 0.329 e. The lowest BCUT2D eigenvalue weighted by Crippen LogP contribution is -3.14. The number of nitrogens with one attached hydrogen (secondary N) is 1. The molecule has 0 spiro atoms. The Morgan fingerprint density at radius 3 is 2.31 bits per heavy atom. The van der Waals surface area contributed by atoms with Gasteiger partial charge in [0.15, 0.2) is 0 Å². The highest BCUT2D eigenvalue weighted by Gasteiger charge is 2.21. The molecule has 1 N–H and O–H groups in total. The Morgan fingerprint density at radius 2 is 1.62 bits per heavy atom. The van der Waals surface area contributed by atoms with Crippen LogP contribution in [0.25, 0.3) is 12.2 Å². The van der Waals surface area contributed by atoms with Gasteiger partial charge in [-0.05, 0) is 35.4 Å². The van der Waals surface area contributed by atoms with Crippen molar-refractivity contribution in [3.05, 3.63) is 83.7 Å². The molecule has 0 unspecified atom stereocenters. The van der Waals surface area contributed by atoms with Crippen LogP contribution in [0, 0.1) is 5.82 Å². The van der Waals surface area contributed by atoms with Gasteiger partial charge >= 0.3 is 0 Å². The Bertz CT molecular complexity index is 760. The summed E-state index contributed by atoms with van der Waals surface area (Å²) in [4.78, 5) is 15.7. The predicted molar refractivity (Wildman–Crippen MR) is 103 cm³/mol. The number of carbonyl (C=O) groups excluding carboxylic acids is 1. The molecule has 2 aromatic rings. The molecule has 1 heterocycles. The lowest BCUT2D eigenvalue weighted by Gasteiger charge is -2.31. The fourth-order valence-electron chi connectivity index (χ4n) is 3.02. The van der Waals surface area contributed by atoms with Crippen LogP contribution < -0.4 is 4.90 Å². The molecule has 134 valence electrons. The topological polar surface area (TPSA) is 24.8 Å². The predicted octanol–water partition coefficient (Wildman–Crippen LogP) is 2.28. The molecule has 1 amide bonds. The first kappa shape index (κ1) is 18.1. The van der Waals surface area contributed by atoms with Gasteiger partial charge in [0, 0.05) is 6.08 Å². The minimum atomic E-state index is -0.270. The third kappa shape index (κ3) is 5.39. The van der Waals surface area contributed by atoms with Gasteiger partial charge in [0.25, 0.3) is 0 Å². The Morgan fingerprint density at radius 1 is 0.962 bits per heavy atom. The minimum absolute atomic E-state index is 0.0215. The number of nitrogens with zero attached hydrogens (tertiary/aromatic N) is 1. The zero-order valence-electron chi connectivity index (χ0n) is 14.8. The SMILES string of the molecule is O=C(/C=C/c1ccc(F)cc1)N1CC[NH+](C/C=C/c2ccccc2)CC1. The fraction of sp³-hybridized carbons (Fsp3) is 0.227. The van der Waals surface area contributed by atoms with Crippen molar-refractivity contribution in [3.63, 3.8) is 0 Å². The van der Waals surface area contributed by atoms with Crippen LogP contribution in [0.4, 0.5) is 4.39 Å². The van der Waals surface area contributed by atoms with E-state index in [2.05, 4.69) is 24.3 Å². The number of hydrogen-bond acceptors (Lipinski definition) is 1. The van der Waals surface area contributed by atoms with Crippen molar-refractivity contribution >= 4 is 18.1 Å². The molecule has 1 saturated heterocycles. The van der Waals surface area contributed by atoms with Gasteiger partial charge in [-0.3, -0.25) is 4.79 Å². The highest BCUT2D eigenvalue weighted by Crippen LogP contribution is 2.05. The van der Waals surface area contributed by atoms with Gasteiger partial charge in [-0.1, -0.05) is 48.5 Å². The van der Waals surface area contributed by atoms with E-state index >= 15 is 0 Å². The van der Waals surface area contributed by atoms with E-state index in [0.29, 0.717) is 0 Å². The molecule has 2 aromatic carbocycles. The fourth-order valence-corrected chi connectivity index (χ4v) is 3.02. The number of amides is 1. The van der Waals surface area contributed by atoms with Gasteiger partial charge in [-0.15, -0.1) is 0 Å². The van der Waals surface area contributed by atoms with Crippen molar-refractivity contribution < 1.29 is 14.1 Å². The summed E-state index contributed by atoms with van der Waals surface area (Å²) in [6.45, 7) is 4.41. The van der Waals surface area contributed by atoms with Crippen molar-refractivity contribution in [2.45, 2.75) is 0 Å². The number of rotatable bonds is 5. The molecular weight excluding hydrogens is 327 g/mol. The lowest BCUT2D eigenvalue weighted by atomic mass is 10.2. The summed E-state index contributed by atoms with van der Waals surface area (Å²) >= 11 is 0. The highest BCUT2D eigenvalue weighted by molar-refractivity contribution is 5.91. The van der Waals surface area contributed by atoms with Crippen LogP contribution in [0.5, 0.6) is 0 Å². The monoisotopic (exact) mass is 351 g/mol. The van der Waals surface area contributed by atoms with E-state index in [0.717, 1.165) is 38.3 Å². The molecule has 0 aromatic heterocycles. The summed E-state index contributed by atoms with van der Waals surface area (Å²) < 4.78 is 12.9. The Balaban J connectivity index is 1.43. The van der Waals surface area contributed by atoms with Crippen LogP contribution in [0.1, 0.15) is 11.1 Å². The van der Waals surface area contributed by atoms with Crippen LogP contribution in [0.3, 0.4) is 0 Å². The molecule has 26 heavy (non-hydrogen) atoms. The number of benzene rings is 2. The maximum absolute atomic E-state index is 12.9. The molecule has 0 saturated carbocycles. The molecule has 0 aliphatic carbocycles. The highest BCUT2D eigenvalue weighted by atomic mass is 19.1. The first-order valence-corrected chi connectivity index (χ1v) is 8.98. The van der Waals surface area contributed by atoms with Crippen LogP contribution in [0.15, 0.2) is 66.7 Å². The van der Waals surface area contributed by atoms with Gasteiger partial charge < -0.3 is 9.80 Å². The van der Waals surface area contributed by atoms with Crippen molar-refractivity contribution in [1.82, 2.24) is 4.90 Å². The molecule has 3 nitrogen and oxygen atoms in total. The van der Waals surface area contributed by atoms with E-state index in [1.165, 1.54) is 22.6 Å². The van der Waals surface area contributed by atoms with Crippen molar-refractivity contribution in [2.75, 3.05) is 32.7 Å². The quantitative estimate of drug-likeness (QED) is 0.822. The number of quaternary nitrogens is 1. The first-order valence-electron chi connectivity index (χ1n) is 8.98. The standard InChI is InChI=1S/C22H23FN2O/c23-21-11-8-20(9-12-21)10-13-22(26)25-17-15-24(16-18-25)14-4-7-19-5-2-1-3-6-19/h1-13H,14-18H2/p+1/b7-4+,13-10+. The molecule has 1 aliphatic heterocycles. The molecule has 0 radical (unpaired) electrons. The second-order valence-corrected chi connectivity index (χ2v) is 6.48. The Hall–Kier alpha value is -2.72. The first-order chi connectivity index (χ1) is 12.7. The van der Waals surface area contributed by atoms with Gasteiger partial charge in [-0.25, -0.2) is 4.39 Å². The second kappa shape index (κ2) is 9.11. The summed E-state index contributed by atoms with van der Waals surface area (Å²) in [5.41, 5.74) is 2.04. The maximum Gasteiger partial charge on any atom is 0.246 e. The normalized spacial score (nSPS) is 15.8. The molecule has 0 bridgehead atoms. The number of piperazine rings is 1. The summed E-state index contributed by atoms with van der Waals surface area (Å²) in [5, 5.41) is 0. The number of carbonyl (C=O) groups is 1. The van der Waals surface area contributed by atoms with E-state index < -0.39 is 0 Å². The molecule has 3 rings (SSSR count). The molecule has 0 atom stereocenters. The average molecular weight is 351 g/mol. The number of halogens is 1. The zero-order valence-corrected chi connectivity index (χ0v) is 14.8. The molecule has 4 heteroatoms. The summed E-state index contributed by atoms with van der Waals surface area (Å²) in [5.74, 6) is -0.248.